The molecule has 0 aliphatic rings. The molecule has 0 saturated heterocycles. The topological polar surface area (TPSA) is 88.9 Å². The van der Waals surface area contributed by atoms with E-state index in [0.717, 1.165) is 16.8 Å². The summed E-state index contributed by atoms with van der Waals surface area (Å²) in [5.41, 5.74) is 3.28. The van der Waals surface area contributed by atoms with Crippen LogP contribution < -0.4 is 10.6 Å². The van der Waals surface area contributed by atoms with E-state index in [0.29, 0.717) is 28.2 Å². The fraction of sp³-hybridized carbons (Fsp3) is 0.273. The molecule has 2 amide bonds. The van der Waals surface area contributed by atoms with Crippen molar-refractivity contribution in [2.75, 3.05) is 16.4 Å². The van der Waals surface area contributed by atoms with Crippen LogP contribution in [0.2, 0.25) is 10.0 Å². The number of para-hydroxylation sites is 1. The first-order valence-electron chi connectivity index (χ1n) is 9.95. The average molecular weight is 492 g/mol. The van der Waals surface area contributed by atoms with Crippen LogP contribution in [-0.2, 0) is 22.6 Å². The number of carbonyl (C=O) groups is 2. The molecule has 0 aliphatic heterocycles. The Morgan fingerprint density at radius 1 is 1.00 bits per heavy atom. The average Bonchev–Trinajstić information content (AvgIpc) is 3.14. The Bertz CT molecular complexity index is 1130. The number of aromatic nitrogens is 3. The maximum Gasteiger partial charge on any atom is 0.234 e. The summed E-state index contributed by atoms with van der Waals surface area (Å²) < 4.78 is 1.82. The summed E-state index contributed by atoms with van der Waals surface area (Å²) in [4.78, 5) is 25.0. The van der Waals surface area contributed by atoms with Gasteiger partial charge in [0.15, 0.2) is 5.16 Å². The van der Waals surface area contributed by atoms with E-state index < -0.39 is 0 Å². The van der Waals surface area contributed by atoms with E-state index in [9.17, 15) is 9.59 Å². The van der Waals surface area contributed by atoms with Crippen LogP contribution in [0.15, 0.2) is 41.6 Å². The van der Waals surface area contributed by atoms with Gasteiger partial charge in [0.1, 0.15) is 5.82 Å². The van der Waals surface area contributed by atoms with Crippen molar-refractivity contribution >= 4 is 58.2 Å². The molecule has 10 heteroatoms. The van der Waals surface area contributed by atoms with Gasteiger partial charge in [0, 0.05) is 12.2 Å². The van der Waals surface area contributed by atoms with Crippen LogP contribution in [0.4, 0.5) is 11.4 Å². The van der Waals surface area contributed by atoms with Crippen LogP contribution in [0.25, 0.3) is 0 Å². The van der Waals surface area contributed by atoms with Gasteiger partial charge in [-0.3, -0.25) is 9.59 Å². The molecule has 0 spiro atoms. The lowest BCUT2D eigenvalue weighted by atomic mass is 10.1. The smallest absolute Gasteiger partial charge is 0.234 e. The van der Waals surface area contributed by atoms with Crippen molar-refractivity contribution in [1.29, 1.82) is 0 Å². The number of hydrogen-bond donors (Lipinski definition) is 2. The summed E-state index contributed by atoms with van der Waals surface area (Å²) >= 11 is 13.4. The molecule has 0 unspecified atom stereocenters. The van der Waals surface area contributed by atoms with Crippen molar-refractivity contribution in [1.82, 2.24) is 14.8 Å². The van der Waals surface area contributed by atoms with E-state index in [1.807, 2.05) is 43.5 Å². The second-order valence-corrected chi connectivity index (χ2v) is 8.80. The van der Waals surface area contributed by atoms with Crippen LogP contribution in [0.5, 0.6) is 0 Å². The summed E-state index contributed by atoms with van der Waals surface area (Å²) in [6.45, 7) is 6.41. The van der Waals surface area contributed by atoms with Gasteiger partial charge in [-0.25, -0.2) is 0 Å². The molecule has 3 aromatic rings. The summed E-state index contributed by atoms with van der Waals surface area (Å²) in [5.74, 6) is 0.255. The highest BCUT2D eigenvalue weighted by Gasteiger charge is 2.17. The highest BCUT2D eigenvalue weighted by atomic mass is 35.5. The molecule has 0 bridgehead atoms. The Labute approximate surface area is 200 Å². The third-order valence-electron chi connectivity index (χ3n) is 4.73. The molecule has 1 aromatic heterocycles. The number of thioether (sulfide) groups is 1. The van der Waals surface area contributed by atoms with Crippen molar-refractivity contribution < 1.29 is 9.59 Å². The fourth-order valence-electron chi connectivity index (χ4n) is 3.13. The van der Waals surface area contributed by atoms with Gasteiger partial charge in [0.2, 0.25) is 11.8 Å². The summed E-state index contributed by atoms with van der Waals surface area (Å²) in [7, 11) is 0. The minimum Gasteiger partial charge on any atom is -0.325 e. The molecule has 32 heavy (non-hydrogen) atoms. The van der Waals surface area contributed by atoms with E-state index in [4.69, 9.17) is 23.2 Å². The van der Waals surface area contributed by atoms with Crippen molar-refractivity contribution in [3.63, 3.8) is 0 Å². The van der Waals surface area contributed by atoms with E-state index in [1.54, 1.807) is 18.2 Å². The van der Waals surface area contributed by atoms with Gasteiger partial charge < -0.3 is 15.2 Å². The quantitative estimate of drug-likeness (QED) is 0.426. The number of aryl methyl sites for hydroxylation is 2. The first-order chi connectivity index (χ1) is 15.3. The number of amides is 2. The molecule has 0 radical (unpaired) electrons. The predicted molar refractivity (Wildman–Crippen MR) is 130 cm³/mol. The normalized spacial score (nSPS) is 10.8. The third kappa shape index (κ3) is 5.82. The number of anilines is 2. The fourth-order valence-corrected chi connectivity index (χ4v) is 4.30. The molecule has 168 valence electrons. The van der Waals surface area contributed by atoms with Gasteiger partial charge in [-0.1, -0.05) is 59.2 Å². The van der Waals surface area contributed by atoms with Gasteiger partial charge in [-0.15, -0.1) is 10.2 Å². The molecule has 2 N–H and O–H groups in total. The first-order valence-corrected chi connectivity index (χ1v) is 11.7. The first kappa shape index (κ1) is 24.1. The van der Waals surface area contributed by atoms with Gasteiger partial charge in [-0.2, -0.15) is 0 Å². The molecule has 0 fully saturated rings. The molecule has 0 saturated carbocycles. The minimum absolute atomic E-state index is 0.0127. The third-order valence-corrected chi connectivity index (χ3v) is 6.52. The molecular weight excluding hydrogens is 469 g/mol. The lowest BCUT2D eigenvalue weighted by molar-refractivity contribution is -0.116. The second-order valence-electron chi connectivity index (χ2n) is 7.07. The molecule has 0 atom stereocenters. The van der Waals surface area contributed by atoms with Gasteiger partial charge in [0.05, 0.1) is 27.9 Å². The molecule has 3 rings (SSSR count). The Kier molecular flexibility index (Phi) is 8.17. The Hall–Kier alpha value is -2.55. The standard InChI is InChI=1S/C22H23Cl2N5O2S/c1-4-29-17(11-18(30)25-16-10-6-9-15(23)20(16)24)27-28-22(29)32-12-19(31)26-21-13(2)7-5-8-14(21)3/h5-10H,4,11-12H2,1-3H3,(H,25,30)(H,26,31). The van der Waals surface area contributed by atoms with E-state index in [2.05, 4.69) is 20.8 Å². The van der Waals surface area contributed by atoms with Crippen LogP contribution in [-0.4, -0.2) is 32.3 Å². The zero-order chi connectivity index (χ0) is 23.3. The Morgan fingerprint density at radius 3 is 2.38 bits per heavy atom. The highest BCUT2D eigenvalue weighted by molar-refractivity contribution is 7.99. The van der Waals surface area contributed by atoms with Crippen molar-refractivity contribution in [2.24, 2.45) is 0 Å². The number of rotatable bonds is 8. The minimum atomic E-state index is -0.291. The maximum absolute atomic E-state index is 12.5. The lowest BCUT2D eigenvalue weighted by Gasteiger charge is -2.11. The molecule has 2 aromatic carbocycles. The molecular formula is C22H23Cl2N5O2S. The van der Waals surface area contributed by atoms with Gasteiger partial charge >= 0.3 is 0 Å². The molecule has 7 nitrogen and oxygen atoms in total. The lowest BCUT2D eigenvalue weighted by Crippen LogP contribution is -2.18. The van der Waals surface area contributed by atoms with Crippen molar-refractivity contribution in [2.45, 2.75) is 38.9 Å². The van der Waals surface area contributed by atoms with Gasteiger partial charge in [-0.05, 0) is 44.0 Å². The van der Waals surface area contributed by atoms with E-state index in [-0.39, 0.29) is 29.0 Å². The second kappa shape index (κ2) is 10.8. The van der Waals surface area contributed by atoms with E-state index in [1.165, 1.54) is 11.8 Å². The van der Waals surface area contributed by atoms with Crippen molar-refractivity contribution in [3.05, 3.63) is 63.4 Å². The molecule has 1 heterocycles. The van der Waals surface area contributed by atoms with Crippen LogP contribution >= 0.6 is 35.0 Å². The Balaban J connectivity index is 1.62. The monoisotopic (exact) mass is 491 g/mol. The largest absolute Gasteiger partial charge is 0.325 e. The summed E-state index contributed by atoms with van der Waals surface area (Å²) in [5, 5.41) is 15.2. The number of benzene rings is 2. The maximum atomic E-state index is 12.5. The zero-order valence-electron chi connectivity index (χ0n) is 17.9. The van der Waals surface area contributed by atoms with Crippen molar-refractivity contribution in [3.8, 4) is 0 Å². The van der Waals surface area contributed by atoms with E-state index >= 15 is 0 Å². The summed E-state index contributed by atoms with van der Waals surface area (Å²) in [6, 6.07) is 10.9. The van der Waals surface area contributed by atoms with Crippen LogP contribution in [0.3, 0.4) is 0 Å². The van der Waals surface area contributed by atoms with Gasteiger partial charge in [0.25, 0.3) is 0 Å². The number of carbonyl (C=O) groups excluding carboxylic acids is 2. The van der Waals surface area contributed by atoms with Crippen LogP contribution in [0, 0.1) is 13.8 Å². The highest BCUT2D eigenvalue weighted by Crippen LogP contribution is 2.29. The Morgan fingerprint density at radius 2 is 1.69 bits per heavy atom. The molecule has 0 aliphatic carbocycles. The van der Waals surface area contributed by atoms with Crippen LogP contribution in [0.1, 0.15) is 23.9 Å². The zero-order valence-corrected chi connectivity index (χ0v) is 20.2. The SMILES string of the molecule is CCn1c(CC(=O)Nc2cccc(Cl)c2Cl)nnc1SCC(=O)Nc1c(C)cccc1C. The number of nitrogens with zero attached hydrogens (tertiary/aromatic N) is 3. The predicted octanol–water partition coefficient (Wildman–Crippen LogP) is 5.13. The number of halogens is 2. The summed E-state index contributed by atoms with van der Waals surface area (Å²) in [6.07, 6.45) is 0.0127. The number of nitrogens with one attached hydrogen (secondary N) is 2. The number of hydrogen-bond acceptors (Lipinski definition) is 5.